The topological polar surface area (TPSA) is 71.5 Å². The first-order chi connectivity index (χ1) is 14.1. The molecule has 29 heavy (non-hydrogen) atoms. The van der Waals surface area contributed by atoms with E-state index in [2.05, 4.69) is 16.4 Å². The predicted octanol–water partition coefficient (Wildman–Crippen LogP) is 4.20. The number of para-hydroxylation sites is 2. The number of anilines is 3. The van der Waals surface area contributed by atoms with E-state index < -0.39 is 5.97 Å². The van der Waals surface area contributed by atoms with E-state index in [1.165, 1.54) is 12.7 Å². The number of ether oxygens (including phenoxy) is 1. The number of pyridine rings is 1. The average molecular weight is 387 g/mol. The summed E-state index contributed by atoms with van der Waals surface area (Å²) >= 11 is 0. The first-order valence-corrected chi connectivity index (χ1v) is 9.40. The summed E-state index contributed by atoms with van der Waals surface area (Å²) in [5, 5.41) is 3.12. The third-order valence-corrected chi connectivity index (χ3v) is 5.03. The van der Waals surface area contributed by atoms with Crippen molar-refractivity contribution in [2.45, 2.75) is 19.4 Å². The Kier molecular flexibility index (Phi) is 4.99. The van der Waals surface area contributed by atoms with Gasteiger partial charge in [-0.05, 0) is 49.2 Å². The van der Waals surface area contributed by atoms with E-state index in [0.717, 1.165) is 12.1 Å². The van der Waals surface area contributed by atoms with Crippen molar-refractivity contribution in [3.8, 4) is 0 Å². The quantitative estimate of drug-likeness (QED) is 0.679. The van der Waals surface area contributed by atoms with Crippen LogP contribution in [0, 0.1) is 0 Å². The molecule has 1 N–H and O–H groups in total. The highest BCUT2D eigenvalue weighted by molar-refractivity contribution is 6.08. The molecule has 6 heteroatoms. The lowest BCUT2D eigenvalue weighted by Crippen LogP contribution is -2.35. The number of nitrogens with zero attached hydrogens (tertiary/aromatic N) is 2. The number of nitrogens with one attached hydrogen (secondary N) is 1. The molecule has 1 amide bonds. The molecule has 1 aromatic heterocycles. The zero-order chi connectivity index (χ0) is 20.4. The van der Waals surface area contributed by atoms with Gasteiger partial charge in [0.25, 0.3) is 5.91 Å². The van der Waals surface area contributed by atoms with Gasteiger partial charge in [0.15, 0.2) is 0 Å². The molecule has 2 aromatic carbocycles. The normalized spacial score (nSPS) is 15.0. The maximum absolute atomic E-state index is 13.2. The summed E-state index contributed by atoms with van der Waals surface area (Å²) in [6, 6.07) is 18.5. The number of hydrogen-bond acceptors (Lipinski definition) is 5. The largest absolute Gasteiger partial charge is 0.465 e. The molecule has 0 radical (unpaired) electrons. The fraction of sp³-hybridized carbons (Fsp3) is 0.174. The van der Waals surface area contributed by atoms with E-state index in [-0.39, 0.29) is 11.9 Å². The van der Waals surface area contributed by atoms with Gasteiger partial charge in [0, 0.05) is 23.5 Å². The van der Waals surface area contributed by atoms with Crippen LogP contribution >= 0.6 is 0 Å². The number of hydrogen-bond donors (Lipinski definition) is 1. The van der Waals surface area contributed by atoms with Crippen LogP contribution in [-0.4, -0.2) is 30.0 Å². The zero-order valence-electron chi connectivity index (χ0n) is 16.3. The Balaban J connectivity index is 1.62. The number of esters is 1. The van der Waals surface area contributed by atoms with E-state index in [9.17, 15) is 9.59 Å². The molecule has 0 fully saturated rings. The van der Waals surface area contributed by atoms with Crippen molar-refractivity contribution in [2.75, 3.05) is 17.3 Å². The molecule has 4 rings (SSSR count). The molecule has 146 valence electrons. The Morgan fingerprint density at radius 1 is 1.10 bits per heavy atom. The molecule has 2 heterocycles. The Labute approximate surface area is 169 Å². The smallest absolute Gasteiger partial charge is 0.339 e. The number of fused-ring (bicyclic) bond motifs is 1. The predicted molar refractivity (Wildman–Crippen MR) is 112 cm³/mol. The Morgan fingerprint density at radius 2 is 1.86 bits per heavy atom. The molecule has 0 aliphatic carbocycles. The van der Waals surface area contributed by atoms with E-state index in [1.807, 2.05) is 36.1 Å². The van der Waals surface area contributed by atoms with Crippen molar-refractivity contribution in [3.63, 3.8) is 0 Å². The highest BCUT2D eigenvalue weighted by Crippen LogP contribution is 2.33. The summed E-state index contributed by atoms with van der Waals surface area (Å²) in [4.78, 5) is 31.4. The lowest BCUT2D eigenvalue weighted by atomic mass is 10.1. The van der Waals surface area contributed by atoms with Gasteiger partial charge in [-0.3, -0.25) is 4.79 Å². The van der Waals surface area contributed by atoms with Gasteiger partial charge in [-0.25, -0.2) is 9.78 Å². The van der Waals surface area contributed by atoms with E-state index in [4.69, 9.17) is 4.74 Å². The van der Waals surface area contributed by atoms with Crippen molar-refractivity contribution in [2.24, 2.45) is 0 Å². The molecular formula is C23H21N3O3. The Hall–Kier alpha value is -3.67. The molecule has 0 saturated carbocycles. The third-order valence-electron chi connectivity index (χ3n) is 5.03. The monoisotopic (exact) mass is 387 g/mol. The number of rotatable bonds is 4. The maximum Gasteiger partial charge on any atom is 0.339 e. The minimum absolute atomic E-state index is 0.0749. The second-order valence-electron chi connectivity index (χ2n) is 6.95. The molecule has 1 unspecified atom stereocenters. The molecule has 0 saturated heterocycles. The standard InChI is InChI=1S/C23H21N3O3/c1-15-13-16-7-3-6-10-20(16)26(15)22(27)17-11-12-24-21(14-17)25-19-9-5-4-8-18(19)23(28)29-2/h3-12,14-15H,13H2,1-2H3,(H,24,25). The second-order valence-corrected chi connectivity index (χ2v) is 6.95. The summed E-state index contributed by atoms with van der Waals surface area (Å²) in [7, 11) is 1.34. The minimum Gasteiger partial charge on any atom is -0.465 e. The van der Waals surface area contributed by atoms with Gasteiger partial charge in [-0.1, -0.05) is 30.3 Å². The van der Waals surface area contributed by atoms with Gasteiger partial charge in [0.05, 0.1) is 18.4 Å². The summed E-state index contributed by atoms with van der Waals surface area (Å²) < 4.78 is 4.83. The van der Waals surface area contributed by atoms with Gasteiger partial charge in [-0.15, -0.1) is 0 Å². The van der Waals surface area contributed by atoms with Crippen LogP contribution in [0.4, 0.5) is 17.2 Å². The van der Waals surface area contributed by atoms with Crippen LogP contribution < -0.4 is 10.2 Å². The van der Waals surface area contributed by atoms with Gasteiger partial charge in [0.1, 0.15) is 5.82 Å². The average Bonchev–Trinajstić information content (AvgIpc) is 3.09. The van der Waals surface area contributed by atoms with Gasteiger partial charge < -0.3 is 15.0 Å². The van der Waals surface area contributed by atoms with Gasteiger partial charge in [0.2, 0.25) is 0 Å². The van der Waals surface area contributed by atoms with Gasteiger partial charge in [-0.2, -0.15) is 0 Å². The van der Waals surface area contributed by atoms with Crippen molar-refractivity contribution in [1.29, 1.82) is 0 Å². The summed E-state index contributed by atoms with van der Waals surface area (Å²) in [6.07, 6.45) is 2.42. The van der Waals surface area contributed by atoms with Crippen LogP contribution in [0.1, 0.15) is 33.2 Å². The molecular weight excluding hydrogens is 366 g/mol. The highest BCUT2D eigenvalue weighted by Gasteiger charge is 2.31. The van der Waals surface area contributed by atoms with Crippen LogP contribution in [0.3, 0.4) is 0 Å². The Bertz CT molecular complexity index is 1080. The lowest BCUT2D eigenvalue weighted by Gasteiger charge is -2.23. The van der Waals surface area contributed by atoms with Crippen molar-refractivity contribution < 1.29 is 14.3 Å². The first-order valence-electron chi connectivity index (χ1n) is 9.40. The fourth-order valence-electron chi connectivity index (χ4n) is 3.66. The molecule has 6 nitrogen and oxygen atoms in total. The van der Waals surface area contributed by atoms with E-state index in [1.54, 1.807) is 36.5 Å². The van der Waals surface area contributed by atoms with Crippen molar-refractivity contribution in [1.82, 2.24) is 4.98 Å². The summed E-state index contributed by atoms with van der Waals surface area (Å²) in [5.74, 6) is -0.0377. The Morgan fingerprint density at radius 3 is 2.69 bits per heavy atom. The van der Waals surface area contributed by atoms with Crippen LogP contribution in [0.15, 0.2) is 66.9 Å². The third kappa shape index (κ3) is 3.57. The number of amides is 1. The van der Waals surface area contributed by atoms with Crippen LogP contribution in [0.5, 0.6) is 0 Å². The molecule has 0 bridgehead atoms. The minimum atomic E-state index is -0.442. The number of methoxy groups -OCH3 is 1. The molecule has 1 aliphatic heterocycles. The molecule has 1 aliphatic rings. The zero-order valence-corrected chi connectivity index (χ0v) is 16.3. The van der Waals surface area contributed by atoms with E-state index in [0.29, 0.717) is 22.6 Å². The van der Waals surface area contributed by atoms with E-state index >= 15 is 0 Å². The maximum atomic E-state index is 13.2. The lowest BCUT2D eigenvalue weighted by molar-refractivity contribution is 0.0601. The summed E-state index contributed by atoms with van der Waals surface area (Å²) in [5.41, 5.74) is 3.62. The number of carbonyl (C=O) groups is 2. The molecule has 3 aromatic rings. The SMILES string of the molecule is COC(=O)c1ccccc1Nc1cc(C(=O)N2c3ccccc3CC2C)ccn1. The van der Waals surface area contributed by atoms with Crippen LogP contribution in [0.25, 0.3) is 0 Å². The fourth-order valence-corrected chi connectivity index (χ4v) is 3.66. The van der Waals surface area contributed by atoms with Crippen LogP contribution in [0.2, 0.25) is 0 Å². The molecule has 1 atom stereocenters. The number of carbonyl (C=O) groups excluding carboxylic acids is 2. The van der Waals surface area contributed by atoms with Crippen molar-refractivity contribution in [3.05, 3.63) is 83.6 Å². The van der Waals surface area contributed by atoms with Crippen LogP contribution in [-0.2, 0) is 11.2 Å². The molecule has 0 spiro atoms. The number of aromatic nitrogens is 1. The second kappa shape index (κ2) is 7.75. The first kappa shape index (κ1) is 18.7. The summed E-state index contributed by atoms with van der Waals surface area (Å²) in [6.45, 7) is 2.05. The van der Waals surface area contributed by atoms with Crippen molar-refractivity contribution >= 4 is 29.1 Å². The number of benzene rings is 2. The van der Waals surface area contributed by atoms with Gasteiger partial charge >= 0.3 is 5.97 Å². The highest BCUT2D eigenvalue weighted by atomic mass is 16.5.